The molecule has 0 aliphatic heterocycles. The van der Waals surface area contributed by atoms with Gasteiger partial charge in [0, 0.05) is 5.69 Å². The number of anilines is 1. The Bertz CT molecular complexity index is 771. The molecule has 22 heavy (non-hydrogen) atoms. The number of sulfonamides is 1. The van der Waals surface area contributed by atoms with E-state index in [9.17, 15) is 13.2 Å². The molecule has 2 aromatic carbocycles. The van der Waals surface area contributed by atoms with Gasteiger partial charge in [-0.2, -0.15) is 0 Å². The molecule has 0 heterocycles. The van der Waals surface area contributed by atoms with Crippen LogP contribution in [0.25, 0.3) is 0 Å². The van der Waals surface area contributed by atoms with Crippen LogP contribution in [-0.4, -0.2) is 20.9 Å². The molecule has 6 heteroatoms. The minimum absolute atomic E-state index is 0.134. The number of hydrogen-bond donors (Lipinski definition) is 2. The Balaban J connectivity index is 1.98. The lowest BCUT2D eigenvalue weighted by Crippen LogP contribution is -2.33. The third-order valence-electron chi connectivity index (χ3n) is 3.13. The largest absolute Gasteiger partial charge is 0.325 e. The molecule has 5 nitrogen and oxygen atoms in total. The Morgan fingerprint density at radius 1 is 1.05 bits per heavy atom. The second-order valence-corrected chi connectivity index (χ2v) is 6.77. The molecule has 0 bridgehead atoms. The van der Waals surface area contributed by atoms with Crippen LogP contribution in [0.5, 0.6) is 0 Å². The molecule has 2 rings (SSSR count). The van der Waals surface area contributed by atoms with Crippen molar-refractivity contribution >= 4 is 21.6 Å². The van der Waals surface area contributed by atoms with Crippen LogP contribution in [0.15, 0.2) is 53.4 Å². The molecule has 0 aliphatic carbocycles. The van der Waals surface area contributed by atoms with Crippen LogP contribution in [0.4, 0.5) is 5.69 Å². The summed E-state index contributed by atoms with van der Waals surface area (Å²) in [5.41, 5.74) is 2.70. The monoisotopic (exact) mass is 318 g/mol. The van der Waals surface area contributed by atoms with Gasteiger partial charge in [-0.3, -0.25) is 4.79 Å². The number of carbonyl (C=O) groups is 1. The first kappa shape index (κ1) is 16.2. The van der Waals surface area contributed by atoms with E-state index in [1.165, 1.54) is 12.1 Å². The molecule has 0 aromatic heterocycles. The van der Waals surface area contributed by atoms with Crippen molar-refractivity contribution in [2.24, 2.45) is 0 Å². The maximum absolute atomic E-state index is 12.0. The van der Waals surface area contributed by atoms with Gasteiger partial charge in [-0.15, -0.1) is 0 Å². The first-order chi connectivity index (χ1) is 10.4. The van der Waals surface area contributed by atoms with Gasteiger partial charge in [0.1, 0.15) is 0 Å². The van der Waals surface area contributed by atoms with E-state index < -0.39 is 15.9 Å². The van der Waals surface area contributed by atoms with Gasteiger partial charge in [-0.05, 0) is 37.6 Å². The minimum Gasteiger partial charge on any atom is -0.325 e. The number of rotatable bonds is 5. The van der Waals surface area contributed by atoms with E-state index in [1.807, 2.05) is 26.0 Å². The van der Waals surface area contributed by atoms with Crippen molar-refractivity contribution in [1.29, 1.82) is 0 Å². The third kappa shape index (κ3) is 4.16. The molecule has 0 fully saturated rings. The predicted molar refractivity (Wildman–Crippen MR) is 86.2 cm³/mol. The normalized spacial score (nSPS) is 11.2. The van der Waals surface area contributed by atoms with Crippen LogP contribution in [-0.2, 0) is 14.8 Å². The molecule has 2 aromatic rings. The van der Waals surface area contributed by atoms with Crippen molar-refractivity contribution in [3.8, 4) is 0 Å². The number of aryl methyl sites for hydroxylation is 2. The summed E-state index contributed by atoms with van der Waals surface area (Å²) in [6, 6.07) is 13.6. The quantitative estimate of drug-likeness (QED) is 0.887. The van der Waals surface area contributed by atoms with Crippen LogP contribution in [0.3, 0.4) is 0 Å². The molecule has 0 radical (unpaired) electrons. The van der Waals surface area contributed by atoms with Gasteiger partial charge in [0.2, 0.25) is 15.9 Å². The zero-order valence-electron chi connectivity index (χ0n) is 12.5. The van der Waals surface area contributed by atoms with Gasteiger partial charge < -0.3 is 5.32 Å². The molecule has 0 unspecified atom stereocenters. The fraction of sp³-hybridized carbons (Fsp3) is 0.188. The van der Waals surface area contributed by atoms with Crippen molar-refractivity contribution < 1.29 is 13.2 Å². The molecule has 2 N–H and O–H groups in total. The van der Waals surface area contributed by atoms with Gasteiger partial charge >= 0.3 is 0 Å². The fourth-order valence-electron chi connectivity index (χ4n) is 1.99. The summed E-state index contributed by atoms with van der Waals surface area (Å²) in [5.74, 6) is -0.411. The van der Waals surface area contributed by atoms with Gasteiger partial charge in [-0.25, -0.2) is 13.1 Å². The highest BCUT2D eigenvalue weighted by Gasteiger charge is 2.15. The summed E-state index contributed by atoms with van der Waals surface area (Å²) in [5, 5.41) is 2.70. The number of amides is 1. The molecule has 0 saturated carbocycles. The lowest BCUT2D eigenvalue weighted by atomic mass is 10.1. The Morgan fingerprint density at radius 2 is 1.73 bits per heavy atom. The van der Waals surface area contributed by atoms with Crippen molar-refractivity contribution in [3.63, 3.8) is 0 Å². The lowest BCUT2D eigenvalue weighted by molar-refractivity contribution is -0.115. The summed E-state index contributed by atoms with van der Waals surface area (Å²) in [6.07, 6.45) is 0. The Morgan fingerprint density at radius 3 is 2.36 bits per heavy atom. The Kier molecular flexibility index (Phi) is 4.95. The number of carbonyl (C=O) groups excluding carboxylic acids is 1. The highest BCUT2D eigenvalue weighted by molar-refractivity contribution is 7.89. The second kappa shape index (κ2) is 6.72. The predicted octanol–water partition coefficient (Wildman–Crippen LogP) is 2.22. The number of hydrogen-bond acceptors (Lipinski definition) is 3. The number of benzene rings is 2. The highest BCUT2D eigenvalue weighted by atomic mass is 32.2. The molecule has 0 aliphatic rings. The summed E-state index contributed by atoms with van der Waals surface area (Å²) in [7, 11) is -3.68. The van der Waals surface area contributed by atoms with Crippen LogP contribution < -0.4 is 10.0 Å². The zero-order valence-corrected chi connectivity index (χ0v) is 13.3. The summed E-state index contributed by atoms with van der Waals surface area (Å²) >= 11 is 0. The van der Waals surface area contributed by atoms with Crippen molar-refractivity contribution in [3.05, 3.63) is 59.7 Å². The topological polar surface area (TPSA) is 75.3 Å². The average Bonchev–Trinajstić information content (AvgIpc) is 2.49. The Hall–Kier alpha value is -2.18. The van der Waals surface area contributed by atoms with Crippen LogP contribution in [0.1, 0.15) is 11.1 Å². The van der Waals surface area contributed by atoms with Crippen LogP contribution in [0.2, 0.25) is 0 Å². The van der Waals surface area contributed by atoms with Crippen molar-refractivity contribution in [2.45, 2.75) is 18.7 Å². The summed E-state index contributed by atoms with van der Waals surface area (Å²) in [4.78, 5) is 12.0. The van der Waals surface area contributed by atoms with E-state index in [0.29, 0.717) is 5.69 Å². The van der Waals surface area contributed by atoms with E-state index in [2.05, 4.69) is 10.0 Å². The zero-order chi connectivity index (χ0) is 16.2. The molecule has 0 saturated heterocycles. The molecular formula is C16H18N2O3S. The van der Waals surface area contributed by atoms with E-state index in [4.69, 9.17) is 0 Å². The Labute approximate surface area is 130 Å². The van der Waals surface area contributed by atoms with E-state index in [-0.39, 0.29) is 11.4 Å². The smallest absolute Gasteiger partial charge is 0.241 e. The maximum atomic E-state index is 12.0. The maximum Gasteiger partial charge on any atom is 0.241 e. The lowest BCUT2D eigenvalue weighted by Gasteiger charge is -2.10. The first-order valence-corrected chi connectivity index (χ1v) is 8.28. The highest BCUT2D eigenvalue weighted by Crippen LogP contribution is 2.15. The van der Waals surface area contributed by atoms with Gasteiger partial charge in [0.05, 0.1) is 11.4 Å². The van der Waals surface area contributed by atoms with Gasteiger partial charge in [-0.1, -0.05) is 35.9 Å². The summed E-state index contributed by atoms with van der Waals surface area (Å²) in [6.45, 7) is 3.54. The fourth-order valence-corrected chi connectivity index (χ4v) is 3.00. The molecule has 1 amide bonds. The molecule has 116 valence electrons. The average molecular weight is 318 g/mol. The standard InChI is InChI=1S/C16H18N2O3S/c1-12-8-9-15(13(2)10-12)18-16(19)11-17-22(20,21)14-6-4-3-5-7-14/h3-10,17H,11H2,1-2H3,(H,18,19). The minimum atomic E-state index is -3.68. The molecule has 0 atom stereocenters. The molecule has 0 spiro atoms. The van der Waals surface area contributed by atoms with Gasteiger partial charge in [0.25, 0.3) is 0 Å². The third-order valence-corrected chi connectivity index (χ3v) is 4.55. The van der Waals surface area contributed by atoms with Crippen molar-refractivity contribution in [2.75, 3.05) is 11.9 Å². The second-order valence-electron chi connectivity index (χ2n) is 5.00. The van der Waals surface area contributed by atoms with Gasteiger partial charge in [0.15, 0.2) is 0 Å². The number of nitrogens with one attached hydrogen (secondary N) is 2. The van der Waals surface area contributed by atoms with Crippen LogP contribution in [0, 0.1) is 13.8 Å². The first-order valence-electron chi connectivity index (χ1n) is 6.80. The van der Waals surface area contributed by atoms with Crippen molar-refractivity contribution in [1.82, 2.24) is 4.72 Å². The van der Waals surface area contributed by atoms with E-state index in [0.717, 1.165) is 11.1 Å². The van der Waals surface area contributed by atoms with E-state index >= 15 is 0 Å². The molecular weight excluding hydrogens is 300 g/mol. The van der Waals surface area contributed by atoms with E-state index in [1.54, 1.807) is 24.3 Å². The summed E-state index contributed by atoms with van der Waals surface area (Å²) < 4.78 is 26.3. The van der Waals surface area contributed by atoms with Crippen LogP contribution >= 0.6 is 0 Å². The SMILES string of the molecule is Cc1ccc(NC(=O)CNS(=O)(=O)c2ccccc2)c(C)c1.